The molecular weight excluding hydrogens is 1210 g/mol. The van der Waals surface area contributed by atoms with Gasteiger partial charge in [-0.05, 0) is 146 Å². The highest BCUT2D eigenvalue weighted by Crippen LogP contribution is 2.47. The maximum atomic E-state index is 14.9. The topological polar surface area (TPSA) is 77.2 Å². The second kappa shape index (κ2) is 20.6. The van der Waals surface area contributed by atoms with Crippen molar-refractivity contribution in [2.75, 3.05) is 0 Å². The zero-order valence-electron chi connectivity index (χ0n) is 52.0. The van der Waals surface area contributed by atoms with Crippen LogP contribution < -0.4 is 0 Å². The number of para-hydroxylation sites is 8. The molecule has 0 saturated heterocycles. The third-order valence-electron chi connectivity index (χ3n) is 20.3. The van der Waals surface area contributed by atoms with Crippen LogP contribution in [0, 0.1) is 22.7 Å². The average Bonchev–Trinajstić information content (AvgIpc) is 1.54. The molecule has 0 aliphatic heterocycles. The van der Waals surface area contributed by atoms with Crippen molar-refractivity contribution in [3.8, 4) is 57.4 Å². The van der Waals surface area contributed by atoms with E-state index in [4.69, 9.17) is 0 Å². The number of hydrogen-bond donors (Lipinski definition) is 0. The van der Waals surface area contributed by atoms with Crippen molar-refractivity contribution in [1.82, 2.24) is 27.4 Å². The van der Waals surface area contributed by atoms with Crippen molar-refractivity contribution in [2.24, 2.45) is 0 Å². The maximum absolute atomic E-state index is 14.9. The Labute approximate surface area is 556 Å². The smallest absolute Gasteiger partial charge is 0.309 e. The van der Waals surface area contributed by atoms with Gasteiger partial charge in [0.2, 0.25) is 0 Å². The monoisotopic (exact) mass is 1260 g/mol. The van der Waals surface area contributed by atoms with Crippen LogP contribution in [-0.2, 0) is 6.18 Å². The van der Waals surface area contributed by atoms with Gasteiger partial charge in [-0.15, -0.1) is 0 Å². The first-order valence-electron chi connectivity index (χ1n) is 32.5. The van der Waals surface area contributed by atoms with E-state index < -0.39 is 11.7 Å². The highest BCUT2D eigenvalue weighted by Gasteiger charge is 2.33. The average molecular weight is 1260 g/mol. The molecule has 20 aromatic rings. The second-order valence-corrected chi connectivity index (χ2v) is 25.3. The fourth-order valence-electron chi connectivity index (χ4n) is 16.2. The minimum absolute atomic E-state index is 0.173. The number of aromatic nitrogens is 6. The molecule has 8 nitrogen and oxygen atoms in total. The number of halogens is 3. The Bertz CT molecular complexity index is 6410. The first-order valence-corrected chi connectivity index (χ1v) is 32.5. The van der Waals surface area contributed by atoms with Crippen LogP contribution in [0.1, 0.15) is 16.7 Å². The SMILES string of the molecule is N#Cc1cc(C(F)(F)F)ccc1-c1cc(-n2c3ccc(-n4c5ccccc5c5ccccc54)cc3c3cc(-n4c5ccccc5c5ccccc54)ccc32)c(C#N)cc1-n1c2ccc(-n3c4ccccc4c4ccccc43)cc2c2cc(-n3c4ccccc4c4ccccc43)ccc21. The highest BCUT2D eigenvalue weighted by atomic mass is 19.4. The number of hydrogen-bond acceptors (Lipinski definition) is 2. The quantitative estimate of drug-likeness (QED) is 0.159. The summed E-state index contributed by atoms with van der Waals surface area (Å²) < 4.78 is 58.2. The molecule has 0 atom stereocenters. The molecule has 6 aromatic heterocycles. The Morgan fingerprint density at radius 2 is 0.490 bits per heavy atom. The van der Waals surface area contributed by atoms with Gasteiger partial charge in [0, 0.05) is 98.5 Å². The molecule has 0 radical (unpaired) electrons. The van der Waals surface area contributed by atoms with Crippen molar-refractivity contribution in [1.29, 1.82) is 10.5 Å². The molecule has 0 N–H and O–H groups in total. The highest BCUT2D eigenvalue weighted by molar-refractivity contribution is 6.17. The molecule has 0 aliphatic carbocycles. The Kier molecular flexibility index (Phi) is 11.6. The zero-order chi connectivity index (χ0) is 65.2. The summed E-state index contributed by atoms with van der Waals surface area (Å²) in [6.07, 6.45) is -4.74. The van der Waals surface area contributed by atoms with Crippen LogP contribution in [0.15, 0.2) is 297 Å². The summed E-state index contributed by atoms with van der Waals surface area (Å²) in [6, 6.07) is 105. The zero-order valence-corrected chi connectivity index (χ0v) is 52.0. The van der Waals surface area contributed by atoms with E-state index in [0.717, 1.165) is 166 Å². The predicted octanol–water partition coefficient (Wildman–Crippen LogP) is 22.7. The summed E-state index contributed by atoms with van der Waals surface area (Å²) in [5.74, 6) is 0. The van der Waals surface area contributed by atoms with Crippen molar-refractivity contribution in [2.45, 2.75) is 6.18 Å². The molecule has 0 fully saturated rings. The minimum atomic E-state index is -4.74. The summed E-state index contributed by atoms with van der Waals surface area (Å²) in [4.78, 5) is 0. The lowest BCUT2D eigenvalue weighted by Gasteiger charge is -2.20. The Morgan fingerprint density at radius 3 is 0.765 bits per heavy atom. The lowest BCUT2D eigenvalue weighted by Crippen LogP contribution is -2.07. The van der Waals surface area contributed by atoms with Crippen LogP contribution in [0.4, 0.5) is 13.2 Å². The molecule has 6 heterocycles. The van der Waals surface area contributed by atoms with Gasteiger partial charge in [-0.2, -0.15) is 23.7 Å². The van der Waals surface area contributed by atoms with Gasteiger partial charge in [0.05, 0.1) is 100 Å². The summed E-state index contributed by atoms with van der Waals surface area (Å²) in [5, 5.41) is 35.8. The molecule has 0 bridgehead atoms. The van der Waals surface area contributed by atoms with E-state index in [9.17, 15) is 23.7 Å². The normalized spacial score (nSPS) is 12.2. The van der Waals surface area contributed by atoms with Gasteiger partial charge in [0.1, 0.15) is 6.07 Å². The second-order valence-electron chi connectivity index (χ2n) is 25.3. The molecule has 14 aromatic carbocycles. The number of benzene rings is 14. The van der Waals surface area contributed by atoms with E-state index in [1.165, 1.54) is 6.07 Å². The van der Waals surface area contributed by atoms with E-state index in [2.05, 4.69) is 306 Å². The predicted molar refractivity (Wildman–Crippen MR) is 392 cm³/mol. The number of alkyl halides is 3. The molecule has 20 rings (SSSR count). The minimum Gasteiger partial charge on any atom is -0.309 e. The van der Waals surface area contributed by atoms with E-state index in [-0.39, 0.29) is 11.1 Å². The lowest BCUT2D eigenvalue weighted by molar-refractivity contribution is -0.137. The number of fused-ring (bicyclic) bond motifs is 18. The Hall–Kier alpha value is -13.4. The summed E-state index contributed by atoms with van der Waals surface area (Å²) in [6.45, 7) is 0. The molecule has 458 valence electrons. The molecule has 0 amide bonds. The summed E-state index contributed by atoms with van der Waals surface area (Å²) in [5.41, 5.74) is 16.1. The van der Waals surface area contributed by atoms with Gasteiger partial charge in [-0.3, -0.25) is 0 Å². The van der Waals surface area contributed by atoms with Gasteiger partial charge in [-0.1, -0.05) is 152 Å². The molecule has 0 aliphatic rings. The first kappa shape index (κ1) is 55.1. The molecule has 98 heavy (non-hydrogen) atoms. The molecule has 0 saturated carbocycles. The van der Waals surface area contributed by atoms with Crippen LogP contribution in [0.2, 0.25) is 0 Å². The number of nitriles is 2. The van der Waals surface area contributed by atoms with Gasteiger partial charge >= 0.3 is 6.18 Å². The van der Waals surface area contributed by atoms with Gasteiger partial charge < -0.3 is 27.4 Å². The van der Waals surface area contributed by atoms with Gasteiger partial charge in [-0.25, -0.2) is 0 Å². The van der Waals surface area contributed by atoms with Gasteiger partial charge in [0.25, 0.3) is 0 Å². The van der Waals surface area contributed by atoms with E-state index >= 15 is 0 Å². The number of nitrogens with zero attached hydrogens (tertiary/aromatic N) is 8. The van der Waals surface area contributed by atoms with Crippen LogP contribution in [0.5, 0.6) is 0 Å². The van der Waals surface area contributed by atoms with Crippen molar-refractivity contribution in [3.05, 3.63) is 314 Å². The first-order chi connectivity index (χ1) is 48.2. The molecule has 0 unspecified atom stereocenters. The van der Waals surface area contributed by atoms with Gasteiger partial charge in [0.15, 0.2) is 0 Å². The van der Waals surface area contributed by atoms with E-state index in [0.29, 0.717) is 22.5 Å². The maximum Gasteiger partial charge on any atom is 0.416 e. The Balaban J connectivity index is 0.887. The van der Waals surface area contributed by atoms with Crippen LogP contribution in [0.3, 0.4) is 0 Å². The van der Waals surface area contributed by atoms with Crippen LogP contribution in [-0.4, -0.2) is 27.4 Å². The summed E-state index contributed by atoms with van der Waals surface area (Å²) in [7, 11) is 0. The third-order valence-corrected chi connectivity index (χ3v) is 20.3. The van der Waals surface area contributed by atoms with Crippen LogP contribution >= 0.6 is 0 Å². The molecular formula is C87H49F3N8. The van der Waals surface area contributed by atoms with Crippen LogP contribution in [0.25, 0.3) is 176 Å². The molecule has 11 heteroatoms. The Morgan fingerprint density at radius 1 is 0.224 bits per heavy atom. The molecule has 0 spiro atoms. The number of rotatable bonds is 7. The lowest BCUT2D eigenvalue weighted by atomic mass is 9.94. The van der Waals surface area contributed by atoms with Crippen molar-refractivity contribution < 1.29 is 13.2 Å². The van der Waals surface area contributed by atoms with Crippen molar-refractivity contribution >= 4 is 131 Å². The van der Waals surface area contributed by atoms with Crippen molar-refractivity contribution in [3.63, 3.8) is 0 Å². The fraction of sp³-hybridized carbons (Fsp3) is 0.0115. The van der Waals surface area contributed by atoms with E-state index in [1.807, 2.05) is 12.1 Å². The summed E-state index contributed by atoms with van der Waals surface area (Å²) >= 11 is 0. The third kappa shape index (κ3) is 7.81. The fourth-order valence-corrected chi connectivity index (χ4v) is 16.2. The standard InChI is InChI=1S/C87H49F3N8/c88-87(89,90)54-33-38-59(52(43-54)50-91)72-49-85(97-81-39-34-55(93-73-25-9-1-17-60(73)61-18-2-10-26-74(61)93)45-68(81)69-46-56(35-40-82(69)97)94-75-27-11-3-19-62(75)63-20-4-12-28-76(63)94)53(51-92)44-86(72)98-83-41-36-57(95-77-29-13-5-21-64(77)65-22-6-14-30-78(65)95)47-70(83)71-48-58(37-42-84(71)98)96-79-31-15-7-23-66(79)67-24-8-16-32-80(67)96/h1-49H. The largest absolute Gasteiger partial charge is 0.416 e. The van der Waals surface area contributed by atoms with E-state index in [1.54, 1.807) is 0 Å².